The van der Waals surface area contributed by atoms with Gasteiger partial charge in [0.2, 0.25) is 15.9 Å². The number of carbonyl (C=O) groups excluding carboxylic acids is 1. The second-order valence-corrected chi connectivity index (χ2v) is 12.2. The highest BCUT2D eigenvalue weighted by Crippen LogP contribution is 2.36. The van der Waals surface area contributed by atoms with Crippen LogP contribution in [-0.4, -0.2) is 67.5 Å². The molecule has 2 aromatic carbocycles. The summed E-state index contributed by atoms with van der Waals surface area (Å²) in [6.07, 6.45) is 4.80. The van der Waals surface area contributed by atoms with Gasteiger partial charge in [-0.25, -0.2) is 8.42 Å². The highest BCUT2D eigenvalue weighted by atomic mass is 32.2. The standard InChI is InChI=1S/C28H38N2O5S/c1-20-17-30(21(2)19-31)36(33,34)27-15-14-24(22-10-6-4-7-11-22)16-25(27)35-26(20)18-29(3)28(32)23-12-8-5-9-13-23/h4,6-7,10-11,14-16,20-21,23,26,31H,5,8-9,12-13,17-19H2,1-3H3/t20-,21-,26+/m1/s1. The maximum atomic E-state index is 13.7. The summed E-state index contributed by atoms with van der Waals surface area (Å²) in [5.41, 5.74) is 1.81. The number of aliphatic hydroxyl groups excluding tert-OH is 1. The first-order chi connectivity index (χ1) is 17.2. The molecule has 7 nitrogen and oxygen atoms in total. The Labute approximate surface area is 215 Å². The quantitative estimate of drug-likeness (QED) is 0.626. The van der Waals surface area contributed by atoms with Crippen molar-refractivity contribution in [3.63, 3.8) is 0 Å². The predicted octanol–water partition coefficient (Wildman–Crippen LogP) is 4.16. The van der Waals surface area contributed by atoms with Gasteiger partial charge in [-0.3, -0.25) is 4.79 Å². The molecule has 4 rings (SSSR count). The molecule has 0 spiro atoms. The van der Waals surface area contributed by atoms with Crippen LogP contribution in [-0.2, 0) is 14.8 Å². The average molecular weight is 515 g/mol. The third-order valence-electron chi connectivity index (χ3n) is 7.56. The summed E-state index contributed by atoms with van der Waals surface area (Å²) in [5.74, 6) is 0.264. The van der Waals surface area contributed by atoms with Gasteiger partial charge in [0.1, 0.15) is 16.7 Å². The number of carbonyl (C=O) groups is 1. The number of hydrogen-bond donors (Lipinski definition) is 1. The van der Waals surface area contributed by atoms with Gasteiger partial charge in [-0.05, 0) is 43.0 Å². The molecular weight excluding hydrogens is 476 g/mol. The van der Waals surface area contributed by atoms with Gasteiger partial charge in [-0.2, -0.15) is 4.31 Å². The smallest absolute Gasteiger partial charge is 0.247 e. The second kappa shape index (κ2) is 11.3. The summed E-state index contributed by atoms with van der Waals surface area (Å²) < 4.78 is 35.2. The molecule has 1 fully saturated rings. The molecule has 1 N–H and O–H groups in total. The molecule has 0 bridgehead atoms. The molecule has 0 radical (unpaired) electrons. The maximum absolute atomic E-state index is 13.7. The summed E-state index contributed by atoms with van der Waals surface area (Å²) in [5, 5.41) is 9.85. The Kier molecular flexibility index (Phi) is 8.37. The zero-order valence-electron chi connectivity index (χ0n) is 21.5. The van der Waals surface area contributed by atoms with Crippen LogP contribution < -0.4 is 4.74 Å². The van der Waals surface area contributed by atoms with E-state index < -0.39 is 22.2 Å². The number of likely N-dealkylation sites (N-methyl/N-ethyl adjacent to an activating group) is 1. The van der Waals surface area contributed by atoms with Crippen molar-refractivity contribution in [3.8, 4) is 16.9 Å². The van der Waals surface area contributed by atoms with Gasteiger partial charge in [0, 0.05) is 31.5 Å². The van der Waals surface area contributed by atoms with Gasteiger partial charge in [-0.1, -0.05) is 62.6 Å². The minimum atomic E-state index is -3.90. The van der Waals surface area contributed by atoms with E-state index in [2.05, 4.69) is 0 Å². The first kappa shape index (κ1) is 26.6. The van der Waals surface area contributed by atoms with Crippen LogP contribution in [0.25, 0.3) is 11.1 Å². The zero-order valence-corrected chi connectivity index (χ0v) is 22.3. The highest BCUT2D eigenvalue weighted by Gasteiger charge is 2.39. The molecular formula is C28H38N2O5S. The molecule has 1 saturated carbocycles. The van der Waals surface area contributed by atoms with Crippen molar-refractivity contribution in [2.24, 2.45) is 11.8 Å². The molecule has 1 aliphatic heterocycles. The Balaban J connectivity index is 1.70. The first-order valence-electron chi connectivity index (χ1n) is 13.0. The normalized spacial score (nSPS) is 23.6. The number of rotatable bonds is 6. The summed E-state index contributed by atoms with van der Waals surface area (Å²) in [7, 11) is -2.09. The van der Waals surface area contributed by atoms with Crippen molar-refractivity contribution in [1.82, 2.24) is 9.21 Å². The van der Waals surface area contributed by atoms with Crippen LogP contribution in [0.15, 0.2) is 53.4 Å². The highest BCUT2D eigenvalue weighted by molar-refractivity contribution is 7.89. The molecule has 2 aromatic rings. The van der Waals surface area contributed by atoms with E-state index in [9.17, 15) is 18.3 Å². The topological polar surface area (TPSA) is 87.2 Å². The lowest BCUT2D eigenvalue weighted by Gasteiger charge is -2.38. The van der Waals surface area contributed by atoms with Crippen LogP contribution in [0.1, 0.15) is 46.0 Å². The van der Waals surface area contributed by atoms with E-state index in [1.165, 1.54) is 10.7 Å². The maximum Gasteiger partial charge on any atom is 0.247 e. The number of fused-ring (bicyclic) bond motifs is 1. The fourth-order valence-corrected chi connectivity index (χ4v) is 7.10. The van der Waals surface area contributed by atoms with Crippen LogP contribution in [0.3, 0.4) is 0 Å². The molecule has 2 aliphatic rings. The Hall–Kier alpha value is -2.42. The predicted molar refractivity (Wildman–Crippen MR) is 140 cm³/mol. The molecule has 0 unspecified atom stereocenters. The first-order valence-corrected chi connectivity index (χ1v) is 14.4. The van der Waals surface area contributed by atoms with E-state index in [1.807, 2.05) is 44.3 Å². The number of aliphatic hydroxyl groups is 1. The molecule has 0 saturated heterocycles. The third-order valence-corrected chi connectivity index (χ3v) is 9.58. The number of hydrogen-bond acceptors (Lipinski definition) is 5. The molecule has 3 atom stereocenters. The van der Waals surface area contributed by atoms with E-state index in [1.54, 1.807) is 30.0 Å². The monoisotopic (exact) mass is 514 g/mol. The van der Waals surface area contributed by atoms with Crippen LogP contribution in [0.2, 0.25) is 0 Å². The lowest BCUT2D eigenvalue weighted by atomic mass is 9.88. The fourth-order valence-electron chi connectivity index (χ4n) is 5.27. The van der Waals surface area contributed by atoms with Crippen LogP contribution in [0.5, 0.6) is 5.75 Å². The number of ether oxygens (including phenoxy) is 1. The molecule has 1 amide bonds. The van der Waals surface area contributed by atoms with Crippen molar-refractivity contribution in [2.75, 3.05) is 26.7 Å². The van der Waals surface area contributed by atoms with Crippen LogP contribution in [0, 0.1) is 11.8 Å². The molecule has 0 aromatic heterocycles. The van der Waals surface area contributed by atoms with E-state index in [0.29, 0.717) is 6.54 Å². The van der Waals surface area contributed by atoms with E-state index in [4.69, 9.17) is 4.74 Å². The molecule has 196 valence electrons. The number of nitrogens with zero attached hydrogens (tertiary/aromatic N) is 2. The third kappa shape index (κ3) is 5.61. The minimum Gasteiger partial charge on any atom is -0.487 e. The summed E-state index contributed by atoms with van der Waals surface area (Å²) in [4.78, 5) is 15.0. The number of sulfonamides is 1. The fraction of sp³-hybridized carbons (Fsp3) is 0.536. The van der Waals surface area contributed by atoms with Crippen molar-refractivity contribution >= 4 is 15.9 Å². The minimum absolute atomic E-state index is 0.0517. The Morgan fingerprint density at radius 1 is 1.11 bits per heavy atom. The van der Waals surface area contributed by atoms with Crippen molar-refractivity contribution < 1.29 is 23.1 Å². The van der Waals surface area contributed by atoms with Gasteiger partial charge in [-0.15, -0.1) is 0 Å². The molecule has 8 heteroatoms. The van der Waals surface area contributed by atoms with Crippen LogP contribution >= 0.6 is 0 Å². The summed E-state index contributed by atoms with van der Waals surface area (Å²) in [6, 6.07) is 14.3. The number of benzene rings is 2. The van der Waals surface area contributed by atoms with Gasteiger partial charge in [0.05, 0.1) is 13.2 Å². The Bertz CT molecular complexity index is 1150. The van der Waals surface area contributed by atoms with Crippen molar-refractivity contribution in [1.29, 1.82) is 0 Å². The van der Waals surface area contributed by atoms with Gasteiger partial charge in [0.25, 0.3) is 0 Å². The van der Waals surface area contributed by atoms with Gasteiger partial charge >= 0.3 is 0 Å². The van der Waals surface area contributed by atoms with Crippen LogP contribution in [0.4, 0.5) is 0 Å². The Morgan fingerprint density at radius 2 is 1.81 bits per heavy atom. The molecule has 36 heavy (non-hydrogen) atoms. The van der Waals surface area contributed by atoms with E-state index in [-0.39, 0.29) is 41.5 Å². The zero-order chi connectivity index (χ0) is 25.9. The van der Waals surface area contributed by atoms with Crippen molar-refractivity contribution in [3.05, 3.63) is 48.5 Å². The van der Waals surface area contributed by atoms with Gasteiger partial charge in [0.15, 0.2) is 0 Å². The van der Waals surface area contributed by atoms with E-state index in [0.717, 1.165) is 36.8 Å². The second-order valence-electron chi connectivity index (χ2n) is 10.3. The molecule has 1 heterocycles. The summed E-state index contributed by atoms with van der Waals surface area (Å²) >= 11 is 0. The molecule has 1 aliphatic carbocycles. The lowest BCUT2D eigenvalue weighted by molar-refractivity contribution is -0.136. The van der Waals surface area contributed by atoms with Gasteiger partial charge < -0.3 is 14.7 Å². The number of amides is 1. The average Bonchev–Trinajstić information content (AvgIpc) is 2.90. The SMILES string of the molecule is C[C@@H]1CN([C@H](C)CO)S(=O)(=O)c2ccc(-c3ccccc3)cc2O[C@H]1CN(C)C(=O)C1CCCCC1. The van der Waals surface area contributed by atoms with E-state index >= 15 is 0 Å². The summed E-state index contributed by atoms with van der Waals surface area (Å²) in [6.45, 7) is 3.93. The lowest BCUT2D eigenvalue weighted by Crippen LogP contribution is -2.50. The largest absolute Gasteiger partial charge is 0.487 e. The van der Waals surface area contributed by atoms with Crippen molar-refractivity contribution in [2.45, 2.75) is 63.0 Å². The Morgan fingerprint density at radius 3 is 2.47 bits per heavy atom.